The minimum atomic E-state index is -1.42. The van der Waals surface area contributed by atoms with Gasteiger partial charge in [0.05, 0.1) is 31.3 Å². The third-order valence-corrected chi connectivity index (χ3v) is 6.09. The topological polar surface area (TPSA) is 137 Å². The number of aliphatic imine (C=N–C) groups is 1. The summed E-state index contributed by atoms with van der Waals surface area (Å²) in [5.74, 6) is 0.651. The summed E-state index contributed by atoms with van der Waals surface area (Å²) < 4.78 is 17.2. The molecule has 0 amide bonds. The van der Waals surface area contributed by atoms with E-state index in [-0.39, 0.29) is 18.4 Å². The Kier molecular flexibility index (Phi) is 14.3. The van der Waals surface area contributed by atoms with Crippen LogP contribution in [0.5, 0.6) is 0 Å². The lowest BCUT2D eigenvalue weighted by Crippen LogP contribution is -2.46. The molecule has 198 valence electrons. The van der Waals surface area contributed by atoms with Gasteiger partial charge in [0.2, 0.25) is 8.30 Å². The number of hydrogen-bond acceptors (Lipinski definition) is 10. The summed E-state index contributed by atoms with van der Waals surface area (Å²) in [5, 5.41) is 7.31. The van der Waals surface area contributed by atoms with Gasteiger partial charge in [0.1, 0.15) is 29.8 Å². The number of nitrogens with zero attached hydrogens (tertiary/aromatic N) is 5. The van der Waals surface area contributed by atoms with Gasteiger partial charge in [-0.25, -0.2) is 15.1 Å². The molecule has 0 saturated heterocycles. The first kappa shape index (κ1) is 30.7. The predicted molar refractivity (Wildman–Crippen MR) is 143 cm³/mol. The molecule has 0 fully saturated rings. The number of ether oxygens (including phenoxy) is 2. The predicted octanol–water partition coefficient (Wildman–Crippen LogP) is 4.10. The van der Waals surface area contributed by atoms with Gasteiger partial charge in [-0.2, -0.15) is 0 Å². The molecule has 0 aliphatic carbocycles. The van der Waals surface area contributed by atoms with Crippen molar-refractivity contribution in [3.8, 4) is 0 Å². The van der Waals surface area contributed by atoms with Gasteiger partial charge in [-0.3, -0.25) is 9.79 Å². The summed E-state index contributed by atoms with van der Waals surface area (Å²) in [5.41, 5.74) is 5.59. The first-order valence-corrected chi connectivity index (χ1v) is 13.3. The van der Waals surface area contributed by atoms with E-state index in [1.54, 1.807) is 33.3 Å². The molecule has 1 aromatic heterocycles. The highest BCUT2D eigenvalue weighted by atomic mass is 31.2. The number of nitrogens with one attached hydrogen (secondary N) is 1. The number of aromatic nitrogens is 2. The maximum Gasteiger partial charge on any atom is 0.326 e. The van der Waals surface area contributed by atoms with Gasteiger partial charge in [-0.1, -0.05) is 31.3 Å². The molecule has 1 aromatic rings. The van der Waals surface area contributed by atoms with Crippen LogP contribution >= 0.6 is 8.30 Å². The van der Waals surface area contributed by atoms with E-state index >= 15 is 0 Å². The van der Waals surface area contributed by atoms with Crippen LogP contribution in [0.2, 0.25) is 0 Å². The highest BCUT2D eigenvalue weighted by molar-refractivity contribution is 7.50. The average Bonchev–Trinajstić information content (AvgIpc) is 2.80. The van der Waals surface area contributed by atoms with Crippen molar-refractivity contribution in [2.24, 2.45) is 10.1 Å². The van der Waals surface area contributed by atoms with E-state index in [0.717, 1.165) is 31.4 Å². The molecule has 12 heteroatoms. The minimum Gasteiger partial charge on any atom is -0.464 e. The van der Waals surface area contributed by atoms with E-state index in [1.165, 1.54) is 6.33 Å². The van der Waals surface area contributed by atoms with Crippen LogP contribution in [0.4, 0.5) is 11.6 Å². The van der Waals surface area contributed by atoms with E-state index in [2.05, 4.69) is 32.1 Å². The molecule has 0 aliphatic rings. The second-order valence-corrected chi connectivity index (χ2v) is 10.3. The SMILES string of the molecule is CCCCCCOC(=O)C(C)(C)NP(CO[C@H](C)CN(C=NC)c1cc(N)ncn1)ON=C(C)C. The number of carbonyl (C=O) groups excluding carboxylic acids is 1. The monoisotopic (exact) mass is 511 g/mol. The molecule has 0 aromatic carbocycles. The Morgan fingerprint density at radius 3 is 2.69 bits per heavy atom. The van der Waals surface area contributed by atoms with E-state index < -0.39 is 13.8 Å². The van der Waals surface area contributed by atoms with Crippen LogP contribution in [-0.2, 0) is 18.9 Å². The zero-order valence-corrected chi connectivity index (χ0v) is 23.0. The van der Waals surface area contributed by atoms with Crippen molar-refractivity contribution in [2.45, 2.75) is 78.9 Å². The number of esters is 1. The van der Waals surface area contributed by atoms with Crippen molar-refractivity contribution in [1.29, 1.82) is 0 Å². The lowest BCUT2D eigenvalue weighted by Gasteiger charge is -2.29. The van der Waals surface area contributed by atoms with E-state index in [4.69, 9.17) is 19.8 Å². The Labute approximate surface area is 210 Å². The lowest BCUT2D eigenvalue weighted by atomic mass is 10.1. The molecule has 1 unspecified atom stereocenters. The number of unbranched alkanes of at least 4 members (excludes halogenated alkanes) is 3. The van der Waals surface area contributed by atoms with Crippen LogP contribution in [0, 0.1) is 0 Å². The van der Waals surface area contributed by atoms with Crippen LogP contribution in [0.15, 0.2) is 22.5 Å². The number of rotatable bonds is 17. The molecule has 2 atom stereocenters. The van der Waals surface area contributed by atoms with Crippen LogP contribution < -0.4 is 15.7 Å². The zero-order chi connectivity index (χ0) is 26.3. The maximum absolute atomic E-state index is 12.7. The van der Waals surface area contributed by atoms with Gasteiger partial charge in [0.15, 0.2) is 0 Å². The van der Waals surface area contributed by atoms with E-state index in [0.29, 0.717) is 24.8 Å². The lowest BCUT2D eigenvalue weighted by molar-refractivity contribution is -0.149. The van der Waals surface area contributed by atoms with Crippen LogP contribution in [0.1, 0.15) is 67.2 Å². The molecule has 0 spiro atoms. The van der Waals surface area contributed by atoms with Crippen molar-refractivity contribution in [2.75, 3.05) is 37.2 Å². The Morgan fingerprint density at radius 1 is 1.31 bits per heavy atom. The van der Waals surface area contributed by atoms with Gasteiger partial charge >= 0.3 is 5.97 Å². The molecular weight excluding hydrogens is 469 g/mol. The minimum absolute atomic E-state index is 0.212. The molecule has 1 rings (SSSR count). The Balaban J connectivity index is 2.74. The van der Waals surface area contributed by atoms with Gasteiger partial charge in [-0.05, 0) is 41.0 Å². The third kappa shape index (κ3) is 12.8. The van der Waals surface area contributed by atoms with Crippen LogP contribution in [0.25, 0.3) is 0 Å². The zero-order valence-electron chi connectivity index (χ0n) is 22.2. The summed E-state index contributed by atoms with van der Waals surface area (Å²) in [7, 11) is 0.256. The second kappa shape index (κ2) is 16.3. The summed E-state index contributed by atoms with van der Waals surface area (Å²) in [6, 6.07) is 1.67. The highest BCUT2D eigenvalue weighted by Gasteiger charge is 2.34. The Hall–Kier alpha value is -2.36. The molecule has 0 radical (unpaired) electrons. The summed E-state index contributed by atoms with van der Waals surface area (Å²) in [4.78, 5) is 26.8. The van der Waals surface area contributed by atoms with Gasteiger partial charge in [0.25, 0.3) is 0 Å². The molecule has 35 heavy (non-hydrogen) atoms. The largest absolute Gasteiger partial charge is 0.464 e. The maximum atomic E-state index is 12.7. The standard InChI is InChI=1S/C23H42N7O4P/c1-8-9-10-11-12-32-22(31)23(5,6)29-35(34-28-18(2)3)17-33-19(4)14-30(16-25-7)21-13-20(24)26-15-27-21/h13,15-16,19,29H,8-12,14,17H2,1-7H3,(H2,24,26,27)/t19-,35?/m1/s1. The Bertz CT molecular complexity index is 819. The fraction of sp³-hybridized carbons (Fsp3) is 0.696. The fourth-order valence-electron chi connectivity index (χ4n) is 2.82. The molecule has 0 saturated carbocycles. The number of oxime groups is 1. The van der Waals surface area contributed by atoms with Gasteiger partial charge in [-0.15, -0.1) is 0 Å². The number of anilines is 2. The second-order valence-electron chi connectivity index (χ2n) is 8.87. The van der Waals surface area contributed by atoms with E-state index in [1.807, 2.05) is 25.7 Å². The van der Waals surface area contributed by atoms with Crippen molar-refractivity contribution >= 4 is 38.0 Å². The van der Waals surface area contributed by atoms with E-state index in [9.17, 15) is 4.79 Å². The van der Waals surface area contributed by atoms with Gasteiger partial charge in [0, 0.05) is 13.1 Å². The average molecular weight is 512 g/mol. The van der Waals surface area contributed by atoms with Crippen molar-refractivity contribution in [3.05, 3.63) is 12.4 Å². The van der Waals surface area contributed by atoms with Crippen molar-refractivity contribution in [1.82, 2.24) is 15.1 Å². The first-order chi connectivity index (χ1) is 16.6. The summed E-state index contributed by atoms with van der Waals surface area (Å²) >= 11 is 0. The van der Waals surface area contributed by atoms with Gasteiger partial charge < -0.3 is 24.7 Å². The molecule has 1 heterocycles. The molecular formula is C23H42N7O4P. The summed E-state index contributed by atoms with van der Waals surface area (Å²) in [6.45, 7) is 12.2. The number of nitrogen functional groups attached to an aromatic ring is 1. The highest BCUT2D eigenvalue weighted by Crippen LogP contribution is 2.36. The molecule has 0 bridgehead atoms. The first-order valence-electron chi connectivity index (χ1n) is 11.9. The molecule has 3 N–H and O–H groups in total. The molecule has 0 aliphatic heterocycles. The normalized spacial score (nSPS) is 13.3. The van der Waals surface area contributed by atoms with Crippen LogP contribution in [-0.4, -0.2) is 66.2 Å². The number of hydrogen-bond donors (Lipinski definition) is 2. The smallest absolute Gasteiger partial charge is 0.326 e. The van der Waals surface area contributed by atoms with Crippen molar-refractivity contribution < 1.29 is 18.9 Å². The summed E-state index contributed by atoms with van der Waals surface area (Å²) in [6.07, 6.45) is 7.22. The fourth-order valence-corrected chi connectivity index (χ4v) is 4.34. The number of nitrogens with two attached hydrogens (primary N) is 1. The third-order valence-electron chi connectivity index (χ3n) is 4.62. The number of carbonyl (C=O) groups is 1. The van der Waals surface area contributed by atoms with Crippen molar-refractivity contribution in [3.63, 3.8) is 0 Å². The quantitative estimate of drug-likeness (QED) is 0.0791. The van der Waals surface area contributed by atoms with Crippen LogP contribution in [0.3, 0.4) is 0 Å². The Morgan fingerprint density at radius 2 is 2.06 bits per heavy atom. The molecule has 11 nitrogen and oxygen atoms in total.